The van der Waals surface area contributed by atoms with Gasteiger partial charge in [-0.1, -0.05) is 18.5 Å². The van der Waals surface area contributed by atoms with E-state index in [-0.39, 0.29) is 12.1 Å². The maximum Gasteiger partial charge on any atom is 0.323 e. The van der Waals surface area contributed by atoms with E-state index in [4.69, 9.17) is 16.0 Å². The van der Waals surface area contributed by atoms with Crippen LogP contribution in [0.2, 0.25) is 5.02 Å². The number of anilines is 1. The van der Waals surface area contributed by atoms with Crippen molar-refractivity contribution in [2.75, 3.05) is 5.32 Å². The second kappa shape index (κ2) is 7.10. The van der Waals surface area contributed by atoms with Crippen LogP contribution < -0.4 is 5.32 Å². The minimum atomic E-state index is -0.571. The standard InChI is InChI=1S/C21H20ClN7O2/c1-12-7-16-10-21(9-12,19-27-26-13(2)31-19)28(16)20(30)25-14-3-4-17(22)18(8-14)29-15(11-23)5-6-24-29/h3-6,8,12,16H,7,9-10H2,1-2H3,(H,25,30)/t12-,16-,21+/m0/s1. The van der Waals surface area contributed by atoms with E-state index in [1.54, 1.807) is 31.2 Å². The zero-order chi connectivity index (χ0) is 21.8. The monoisotopic (exact) mass is 437 g/mol. The van der Waals surface area contributed by atoms with Gasteiger partial charge in [-0.25, -0.2) is 9.48 Å². The molecule has 10 heteroatoms. The zero-order valence-electron chi connectivity index (χ0n) is 17.0. The highest BCUT2D eigenvalue weighted by Gasteiger charge is 2.62. The summed E-state index contributed by atoms with van der Waals surface area (Å²) in [6.07, 6.45) is 4.06. The van der Waals surface area contributed by atoms with Gasteiger partial charge in [-0.2, -0.15) is 10.4 Å². The van der Waals surface area contributed by atoms with Gasteiger partial charge in [-0.15, -0.1) is 10.2 Å². The fourth-order valence-electron chi connectivity index (χ4n) is 4.95. The van der Waals surface area contributed by atoms with Crippen LogP contribution in [0.15, 0.2) is 34.9 Å². The Kier molecular flexibility index (Phi) is 4.48. The number of aromatic nitrogens is 4. The topological polar surface area (TPSA) is 113 Å². The molecule has 5 rings (SSSR count). The Bertz CT molecular complexity index is 1210. The van der Waals surface area contributed by atoms with Crippen molar-refractivity contribution >= 4 is 23.3 Å². The van der Waals surface area contributed by atoms with Crippen molar-refractivity contribution in [3.63, 3.8) is 0 Å². The lowest BCUT2D eigenvalue weighted by molar-refractivity contribution is -0.110. The first kappa shape index (κ1) is 19.6. The Labute approximate surface area is 183 Å². The van der Waals surface area contributed by atoms with Gasteiger partial charge >= 0.3 is 6.03 Å². The molecule has 9 nitrogen and oxygen atoms in total. The normalized spacial score (nSPS) is 24.4. The van der Waals surface area contributed by atoms with E-state index >= 15 is 0 Å². The minimum absolute atomic E-state index is 0.124. The summed E-state index contributed by atoms with van der Waals surface area (Å²) in [7, 11) is 0. The van der Waals surface area contributed by atoms with E-state index in [2.05, 4.69) is 33.6 Å². The van der Waals surface area contributed by atoms with E-state index in [0.717, 1.165) is 19.3 Å². The molecule has 2 fully saturated rings. The van der Waals surface area contributed by atoms with Gasteiger partial charge in [0.2, 0.25) is 11.8 Å². The van der Waals surface area contributed by atoms with Gasteiger partial charge < -0.3 is 14.6 Å². The molecule has 2 bridgehead atoms. The highest BCUT2D eigenvalue weighted by molar-refractivity contribution is 6.32. The molecule has 2 amide bonds. The van der Waals surface area contributed by atoms with Gasteiger partial charge in [0.05, 0.1) is 16.9 Å². The number of fused-ring (bicyclic) bond motifs is 2. The second-order valence-electron chi connectivity index (χ2n) is 8.27. The lowest BCUT2D eigenvalue weighted by atomic mass is 9.64. The maximum atomic E-state index is 13.3. The summed E-state index contributed by atoms with van der Waals surface area (Å²) in [4.78, 5) is 15.2. The number of carbonyl (C=O) groups is 1. The number of halogens is 1. The summed E-state index contributed by atoms with van der Waals surface area (Å²) in [6, 6.07) is 8.67. The molecule has 31 heavy (non-hydrogen) atoms. The van der Waals surface area contributed by atoms with Crippen LogP contribution in [0.3, 0.4) is 0 Å². The van der Waals surface area contributed by atoms with Crippen molar-refractivity contribution < 1.29 is 9.21 Å². The van der Waals surface area contributed by atoms with Crippen LogP contribution in [0.5, 0.6) is 0 Å². The van der Waals surface area contributed by atoms with Crippen LogP contribution in [-0.4, -0.2) is 37.0 Å². The van der Waals surface area contributed by atoms with Gasteiger partial charge in [0.15, 0.2) is 0 Å². The molecule has 0 unspecified atom stereocenters. The number of nitrogens with one attached hydrogen (secondary N) is 1. The second-order valence-corrected chi connectivity index (χ2v) is 8.67. The number of hydrogen-bond donors (Lipinski definition) is 1. The predicted octanol–water partition coefficient (Wildman–Crippen LogP) is 4.02. The molecule has 1 saturated heterocycles. The number of rotatable bonds is 3. The molecule has 1 N–H and O–H groups in total. The van der Waals surface area contributed by atoms with Gasteiger partial charge in [0.25, 0.3) is 0 Å². The van der Waals surface area contributed by atoms with Crippen LogP contribution >= 0.6 is 11.6 Å². The molecular formula is C21H20ClN7O2. The number of aryl methyl sites for hydroxylation is 1. The summed E-state index contributed by atoms with van der Waals surface area (Å²) in [5.74, 6) is 1.44. The van der Waals surface area contributed by atoms with E-state index in [0.29, 0.717) is 39.8 Å². The van der Waals surface area contributed by atoms with Crippen molar-refractivity contribution in [3.05, 3.63) is 53.0 Å². The molecule has 1 aliphatic heterocycles. The van der Waals surface area contributed by atoms with Crippen molar-refractivity contribution in [2.45, 2.75) is 44.7 Å². The smallest absolute Gasteiger partial charge is 0.323 e. The molecular weight excluding hydrogens is 418 g/mol. The van der Waals surface area contributed by atoms with Crippen molar-refractivity contribution in [2.24, 2.45) is 5.92 Å². The van der Waals surface area contributed by atoms with E-state index in [9.17, 15) is 10.1 Å². The lowest BCUT2D eigenvalue weighted by Crippen LogP contribution is -2.70. The highest BCUT2D eigenvalue weighted by Crippen LogP contribution is 2.55. The average molecular weight is 438 g/mol. The highest BCUT2D eigenvalue weighted by atomic mass is 35.5. The molecule has 3 heterocycles. The molecule has 158 valence electrons. The first-order chi connectivity index (χ1) is 14.9. The number of benzene rings is 1. The maximum absolute atomic E-state index is 13.3. The zero-order valence-corrected chi connectivity index (χ0v) is 17.8. The van der Waals surface area contributed by atoms with Crippen molar-refractivity contribution in [1.29, 1.82) is 5.26 Å². The fraction of sp³-hybridized carbons (Fsp3) is 0.381. The molecule has 0 spiro atoms. The number of carbonyl (C=O) groups excluding carboxylic acids is 1. The van der Waals surface area contributed by atoms with Gasteiger partial charge in [0.1, 0.15) is 17.3 Å². The van der Waals surface area contributed by atoms with Gasteiger partial charge in [-0.05, 0) is 43.0 Å². The van der Waals surface area contributed by atoms with E-state index in [1.807, 2.05) is 4.90 Å². The number of nitrogens with zero attached hydrogens (tertiary/aromatic N) is 6. The van der Waals surface area contributed by atoms with Crippen molar-refractivity contribution in [3.8, 4) is 11.8 Å². The minimum Gasteiger partial charge on any atom is -0.423 e. The number of piperidine rings is 1. The summed E-state index contributed by atoms with van der Waals surface area (Å²) in [5, 5.41) is 25.1. The van der Waals surface area contributed by atoms with Gasteiger partial charge in [-0.3, -0.25) is 0 Å². The summed E-state index contributed by atoms with van der Waals surface area (Å²) in [5.41, 5.74) is 0.848. The molecule has 3 atom stereocenters. The molecule has 1 saturated carbocycles. The Hall–Kier alpha value is -3.38. The Morgan fingerprint density at radius 3 is 2.94 bits per heavy atom. The molecule has 3 aromatic rings. The number of hydrogen-bond acceptors (Lipinski definition) is 6. The summed E-state index contributed by atoms with van der Waals surface area (Å²) >= 11 is 6.33. The summed E-state index contributed by atoms with van der Waals surface area (Å²) in [6.45, 7) is 3.93. The predicted molar refractivity (Wildman–Crippen MR) is 112 cm³/mol. The number of urea groups is 1. The third-order valence-electron chi connectivity index (χ3n) is 6.09. The van der Waals surface area contributed by atoms with Crippen LogP contribution in [0.4, 0.5) is 10.5 Å². The molecule has 1 aliphatic carbocycles. The van der Waals surface area contributed by atoms with Crippen LogP contribution in [0.1, 0.15) is 43.7 Å². The first-order valence-corrected chi connectivity index (χ1v) is 10.4. The number of amides is 2. The van der Waals surface area contributed by atoms with E-state index in [1.165, 1.54) is 10.9 Å². The van der Waals surface area contributed by atoms with Gasteiger partial charge in [0, 0.05) is 25.1 Å². The average Bonchev–Trinajstić information content (AvgIpc) is 3.37. The number of nitriles is 1. The first-order valence-electron chi connectivity index (χ1n) is 10.1. The van der Waals surface area contributed by atoms with Crippen LogP contribution in [0.25, 0.3) is 5.69 Å². The third-order valence-corrected chi connectivity index (χ3v) is 6.41. The molecule has 2 aliphatic rings. The number of likely N-dealkylation sites (tertiary alicyclic amines) is 1. The summed E-state index contributed by atoms with van der Waals surface area (Å²) < 4.78 is 7.19. The van der Waals surface area contributed by atoms with Crippen molar-refractivity contribution in [1.82, 2.24) is 24.9 Å². The van der Waals surface area contributed by atoms with Crippen LogP contribution in [-0.2, 0) is 5.54 Å². The largest absolute Gasteiger partial charge is 0.423 e. The molecule has 1 aromatic carbocycles. The third kappa shape index (κ3) is 3.06. The Morgan fingerprint density at radius 1 is 1.35 bits per heavy atom. The molecule has 2 aromatic heterocycles. The van der Waals surface area contributed by atoms with Crippen LogP contribution in [0, 0.1) is 24.2 Å². The Balaban J connectivity index is 1.44. The quantitative estimate of drug-likeness (QED) is 0.662. The van der Waals surface area contributed by atoms with E-state index < -0.39 is 5.54 Å². The Morgan fingerprint density at radius 2 is 2.19 bits per heavy atom. The lowest BCUT2D eigenvalue weighted by Gasteiger charge is -2.61. The SMILES string of the molecule is Cc1nnc([C@@]23C[C@@H](C)C[C@@H](C2)N3C(=O)Nc2ccc(Cl)c(-n3nccc3C#N)c2)o1. The molecule has 0 radical (unpaired) electrons. The fourth-order valence-corrected chi connectivity index (χ4v) is 5.15.